The second-order valence-electron chi connectivity index (χ2n) is 3.76. The average molecular weight is 202 g/mol. The smallest absolute Gasteiger partial charge is 0.0193 e. The summed E-state index contributed by atoms with van der Waals surface area (Å²) in [5.74, 6) is 2.47. The molecular formula is C10H22N2S. The summed E-state index contributed by atoms with van der Waals surface area (Å²) in [5.41, 5.74) is 0. The Kier molecular flexibility index (Phi) is 5.83. The van der Waals surface area contributed by atoms with Crippen molar-refractivity contribution in [2.45, 2.75) is 38.8 Å². The number of thioether (sulfide) groups is 1. The third-order valence-corrected chi connectivity index (χ3v) is 3.59. The molecule has 13 heavy (non-hydrogen) atoms. The van der Waals surface area contributed by atoms with Gasteiger partial charge in [-0.3, -0.25) is 0 Å². The predicted octanol–water partition coefficient (Wildman–Crippen LogP) is 1.47. The fraction of sp³-hybridized carbons (Fsp3) is 1.00. The van der Waals surface area contributed by atoms with Gasteiger partial charge in [0.1, 0.15) is 0 Å². The van der Waals surface area contributed by atoms with E-state index in [2.05, 4.69) is 24.5 Å². The molecule has 0 saturated carbocycles. The SMILES string of the molecule is CCSCC(C)NCC1CCCN1. The summed E-state index contributed by atoms with van der Waals surface area (Å²) in [6.07, 6.45) is 2.70. The van der Waals surface area contributed by atoms with Gasteiger partial charge in [-0.2, -0.15) is 11.8 Å². The maximum absolute atomic E-state index is 3.58. The Labute approximate surface area is 86.2 Å². The predicted molar refractivity (Wildman–Crippen MR) is 61.5 cm³/mol. The fourth-order valence-electron chi connectivity index (χ4n) is 1.63. The van der Waals surface area contributed by atoms with Gasteiger partial charge in [0.25, 0.3) is 0 Å². The number of rotatable bonds is 6. The van der Waals surface area contributed by atoms with E-state index in [0.717, 1.165) is 12.6 Å². The highest BCUT2D eigenvalue weighted by molar-refractivity contribution is 7.99. The van der Waals surface area contributed by atoms with Crippen molar-refractivity contribution in [2.24, 2.45) is 0 Å². The summed E-state index contributed by atoms with van der Waals surface area (Å²) in [6.45, 7) is 6.85. The van der Waals surface area contributed by atoms with Crippen molar-refractivity contribution >= 4 is 11.8 Å². The Bertz CT molecular complexity index is 124. The topological polar surface area (TPSA) is 24.1 Å². The van der Waals surface area contributed by atoms with Crippen LogP contribution in [0.2, 0.25) is 0 Å². The van der Waals surface area contributed by atoms with Crippen molar-refractivity contribution in [2.75, 3.05) is 24.6 Å². The number of nitrogens with one attached hydrogen (secondary N) is 2. The molecular weight excluding hydrogens is 180 g/mol. The lowest BCUT2D eigenvalue weighted by Gasteiger charge is -2.16. The van der Waals surface area contributed by atoms with Crippen LogP contribution in [0.4, 0.5) is 0 Å². The van der Waals surface area contributed by atoms with Gasteiger partial charge >= 0.3 is 0 Å². The van der Waals surface area contributed by atoms with E-state index in [1.807, 2.05) is 11.8 Å². The first-order chi connectivity index (χ1) is 6.33. The van der Waals surface area contributed by atoms with Gasteiger partial charge in [-0.25, -0.2) is 0 Å². The van der Waals surface area contributed by atoms with Crippen molar-refractivity contribution < 1.29 is 0 Å². The van der Waals surface area contributed by atoms with Crippen molar-refractivity contribution in [3.05, 3.63) is 0 Å². The molecule has 0 aromatic carbocycles. The minimum Gasteiger partial charge on any atom is -0.313 e. The van der Waals surface area contributed by atoms with E-state index in [4.69, 9.17) is 0 Å². The van der Waals surface area contributed by atoms with E-state index in [9.17, 15) is 0 Å². The third-order valence-electron chi connectivity index (χ3n) is 2.45. The fourth-order valence-corrected chi connectivity index (χ4v) is 2.34. The molecule has 0 bridgehead atoms. The largest absolute Gasteiger partial charge is 0.313 e. The standard InChI is InChI=1S/C10H22N2S/c1-3-13-8-9(2)12-7-10-5-4-6-11-10/h9-12H,3-8H2,1-2H3. The lowest BCUT2D eigenvalue weighted by atomic mass is 10.2. The average Bonchev–Trinajstić information content (AvgIpc) is 2.64. The molecule has 0 aliphatic carbocycles. The molecule has 1 aliphatic rings. The molecule has 0 aromatic rings. The molecule has 1 rings (SSSR count). The molecule has 1 fully saturated rings. The molecule has 78 valence electrons. The van der Waals surface area contributed by atoms with E-state index < -0.39 is 0 Å². The Balaban J connectivity index is 1.97. The first-order valence-electron chi connectivity index (χ1n) is 5.37. The van der Waals surface area contributed by atoms with Gasteiger partial charge in [0, 0.05) is 24.4 Å². The summed E-state index contributed by atoms with van der Waals surface area (Å²) in [5, 5.41) is 7.07. The molecule has 0 amide bonds. The van der Waals surface area contributed by atoms with Crippen molar-refractivity contribution in [1.82, 2.24) is 10.6 Å². The number of hydrogen-bond acceptors (Lipinski definition) is 3. The molecule has 1 heterocycles. The van der Waals surface area contributed by atoms with Crippen LogP contribution in [0.5, 0.6) is 0 Å². The van der Waals surface area contributed by atoms with Crippen LogP contribution in [0.25, 0.3) is 0 Å². The van der Waals surface area contributed by atoms with Gasteiger partial charge in [-0.15, -0.1) is 0 Å². The molecule has 2 unspecified atom stereocenters. The highest BCUT2D eigenvalue weighted by Gasteiger charge is 2.13. The van der Waals surface area contributed by atoms with Gasteiger partial charge in [-0.05, 0) is 32.1 Å². The van der Waals surface area contributed by atoms with Crippen LogP contribution in [-0.4, -0.2) is 36.7 Å². The van der Waals surface area contributed by atoms with Crippen LogP contribution in [0, 0.1) is 0 Å². The minimum absolute atomic E-state index is 0.660. The van der Waals surface area contributed by atoms with Crippen LogP contribution < -0.4 is 10.6 Å². The molecule has 2 atom stereocenters. The Morgan fingerprint density at radius 2 is 2.46 bits per heavy atom. The van der Waals surface area contributed by atoms with Gasteiger partial charge in [0.05, 0.1) is 0 Å². The summed E-state index contributed by atoms with van der Waals surface area (Å²) < 4.78 is 0. The maximum Gasteiger partial charge on any atom is 0.0193 e. The minimum atomic E-state index is 0.660. The molecule has 1 aliphatic heterocycles. The monoisotopic (exact) mass is 202 g/mol. The summed E-state index contributed by atoms with van der Waals surface area (Å²) in [7, 11) is 0. The van der Waals surface area contributed by atoms with Crippen LogP contribution in [-0.2, 0) is 0 Å². The van der Waals surface area contributed by atoms with E-state index >= 15 is 0 Å². The number of hydrogen-bond donors (Lipinski definition) is 2. The molecule has 0 aromatic heterocycles. The molecule has 1 saturated heterocycles. The molecule has 2 N–H and O–H groups in total. The zero-order valence-electron chi connectivity index (χ0n) is 8.81. The van der Waals surface area contributed by atoms with Gasteiger partial charge in [0.2, 0.25) is 0 Å². The van der Waals surface area contributed by atoms with Gasteiger partial charge in [-0.1, -0.05) is 6.92 Å². The van der Waals surface area contributed by atoms with Crippen LogP contribution in [0.15, 0.2) is 0 Å². The zero-order chi connectivity index (χ0) is 9.52. The second-order valence-corrected chi connectivity index (χ2v) is 5.08. The molecule has 2 nitrogen and oxygen atoms in total. The van der Waals surface area contributed by atoms with E-state index in [1.54, 1.807) is 0 Å². The first-order valence-corrected chi connectivity index (χ1v) is 6.53. The van der Waals surface area contributed by atoms with Crippen LogP contribution in [0.3, 0.4) is 0 Å². The second kappa shape index (κ2) is 6.68. The normalized spacial score (nSPS) is 24.9. The van der Waals surface area contributed by atoms with Gasteiger partial charge < -0.3 is 10.6 Å². The summed E-state index contributed by atoms with van der Waals surface area (Å²) in [4.78, 5) is 0. The quantitative estimate of drug-likeness (QED) is 0.682. The Morgan fingerprint density at radius 3 is 3.08 bits per heavy atom. The lowest BCUT2D eigenvalue weighted by molar-refractivity contribution is 0.501. The van der Waals surface area contributed by atoms with Crippen molar-refractivity contribution in [3.63, 3.8) is 0 Å². The third kappa shape index (κ3) is 4.89. The van der Waals surface area contributed by atoms with Crippen LogP contribution in [0.1, 0.15) is 26.7 Å². The zero-order valence-corrected chi connectivity index (χ0v) is 9.62. The van der Waals surface area contributed by atoms with E-state index in [1.165, 1.54) is 30.9 Å². The maximum atomic E-state index is 3.58. The van der Waals surface area contributed by atoms with E-state index in [-0.39, 0.29) is 0 Å². The molecule has 0 radical (unpaired) electrons. The first kappa shape index (κ1) is 11.3. The van der Waals surface area contributed by atoms with E-state index in [0.29, 0.717) is 6.04 Å². The summed E-state index contributed by atoms with van der Waals surface area (Å²) >= 11 is 2.02. The highest BCUT2D eigenvalue weighted by Crippen LogP contribution is 2.05. The Hall–Kier alpha value is 0.270. The van der Waals surface area contributed by atoms with Crippen molar-refractivity contribution in [1.29, 1.82) is 0 Å². The summed E-state index contributed by atoms with van der Waals surface area (Å²) in [6, 6.07) is 1.39. The molecule has 0 spiro atoms. The Morgan fingerprint density at radius 1 is 1.62 bits per heavy atom. The molecule has 3 heteroatoms. The van der Waals surface area contributed by atoms with Crippen molar-refractivity contribution in [3.8, 4) is 0 Å². The van der Waals surface area contributed by atoms with Crippen LogP contribution >= 0.6 is 11.8 Å². The lowest BCUT2D eigenvalue weighted by Crippen LogP contribution is -2.39. The van der Waals surface area contributed by atoms with Gasteiger partial charge in [0.15, 0.2) is 0 Å². The highest BCUT2D eigenvalue weighted by atomic mass is 32.2.